The van der Waals surface area contributed by atoms with Crippen LogP contribution in [0.25, 0.3) is 0 Å². The Morgan fingerprint density at radius 2 is 1.32 bits per heavy atom. The van der Waals surface area contributed by atoms with E-state index >= 15 is 0 Å². The van der Waals surface area contributed by atoms with Gasteiger partial charge in [0.05, 0.1) is 0 Å². The average Bonchev–Trinajstić information content (AvgIpc) is 3.32. The molecule has 144 valence electrons. The molecule has 0 saturated heterocycles. The Labute approximate surface area is 170 Å². The standard InChI is InChI=1S/C21H35N2.H2O.W/c1-3-5-7-8-9-10-11-12-13-14-15-16-18-20-21(22-23-21)19-17-6-4-2;;/h2,13-14H,1,3,5-12,15-20H2;1H2;/q-1;;/b14-13+;;. The maximum absolute atomic E-state index is 5.28. The zero-order valence-electron chi connectivity index (χ0n) is 15.8. The minimum absolute atomic E-state index is 0. The van der Waals surface area contributed by atoms with Crippen molar-refractivity contribution in [2.24, 2.45) is 10.2 Å². The second-order valence-corrected chi connectivity index (χ2v) is 6.72. The summed E-state index contributed by atoms with van der Waals surface area (Å²) in [6, 6.07) is 0. The fourth-order valence-corrected chi connectivity index (χ4v) is 2.92. The predicted molar refractivity (Wildman–Crippen MR) is 104 cm³/mol. The molecule has 1 aliphatic heterocycles. The monoisotopic (exact) mass is 517 g/mol. The summed E-state index contributed by atoms with van der Waals surface area (Å²) < 4.78 is 0. The Kier molecular flexibility index (Phi) is 19.6. The van der Waals surface area contributed by atoms with Gasteiger partial charge in [-0.3, -0.25) is 0 Å². The molecule has 1 heterocycles. The summed E-state index contributed by atoms with van der Waals surface area (Å²) in [4.78, 5) is 0. The maximum atomic E-state index is 5.28. The van der Waals surface area contributed by atoms with Gasteiger partial charge in [-0.25, -0.2) is 0 Å². The molecule has 0 amide bonds. The van der Waals surface area contributed by atoms with E-state index in [1.54, 1.807) is 0 Å². The van der Waals surface area contributed by atoms with Crippen LogP contribution in [0, 0.1) is 19.3 Å². The molecule has 2 N–H and O–H groups in total. The van der Waals surface area contributed by atoms with Gasteiger partial charge in [-0.1, -0.05) is 44.3 Å². The Hall–Kier alpha value is -0.452. The first-order valence-corrected chi connectivity index (χ1v) is 9.65. The summed E-state index contributed by atoms with van der Waals surface area (Å²) in [5, 5.41) is 8.47. The number of hydrogen-bond acceptors (Lipinski definition) is 2. The Morgan fingerprint density at radius 1 is 0.800 bits per heavy atom. The second kappa shape index (κ2) is 18.3. The molecular formula is C21H37N2OW-. The molecule has 0 fully saturated rings. The first-order valence-electron chi connectivity index (χ1n) is 9.65. The largest absolute Gasteiger partial charge is 0.412 e. The third-order valence-electron chi connectivity index (χ3n) is 4.52. The molecular weight excluding hydrogens is 480 g/mol. The third kappa shape index (κ3) is 15.5. The predicted octanol–water partition coefficient (Wildman–Crippen LogP) is 6.20. The quantitative estimate of drug-likeness (QED) is 0.101. The Morgan fingerprint density at radius 3 is 1.88 bits per heavy atom. The van der Waals surface area contributed by atoms with E-state index in [4.69, 9.17) is 6.42 Å². The van der Waals surface area contributed by atoms with Crippen molar-refractivity contribution in [2.75, 3.05) is 0 Å². The molecule has 0 radical (unpaired) electrons. The van der Waals surface area contributed by atoms with Crippen LogP contribution in [0.5, 0.6) is 0 Å². The molecule has 0 spiro atoms. The van der Waals surface area contributed by atoms with Gasteiger partial charge in [0.25, 0.3) is 0 Å². The molecule has 0 atom stereocenters. The van der Waals surface area contributed by atoms with Gasteiger partial charge < -0.3 is 12.4 Å². The van der Waals surface area contributed by atoms with Crippen LogP contribution in [0.1, 0.15) is 96.3 Å². The van der Waals surface area contributed by atoms with Gasteiger partial charge in [0, 0.05) is 27.5 Å². The molecule has 1 rings (SSSR count). The molecule has 3 nitrogen and oxygen atoms in total. The van der Waals surface area contributed by atoms with Crippen molar-refractivity contribution in [3.05, 3.63) is 19.1 Å². The molecule has 0 aliphatic carbocycles. The van der Waals surface area contributed by atoms with Crippen molar-refractivity contribution >= 4 is 0 Å². The van der Waals surface area contributed by atoms with Crippen LogP contribution in [0.3, 0.4) is 0 Å². The van der Waals surface area contributed by atoms with Gasteiger partial charge >= 0.3 is 0 Å². The number of terminal acetylenes is 1. The van der Waals surface area contributed by atoms with E-state index in [0.29, 0.717) is 0 Å². The summed E-state index contributed by atoms with van der Waals surface area (Å²) in [5.74, 6) is 2.69. The Balaban J connectivity index is 0. The van der Waals surface area contributed by atoms with Crippen LogP contribution in [0.2, 0.25) is 0 Å². The van der Waals surface area contributed by atoms with Gasteiger partial charge in [0.2, 0.25) is 0 Å². The average molecular weight is 517 g/mol. The van der Waals surface area contributed by atoms with Crippen LogP contribution in [0.15, 0.2) is 22.4 Å². The third-order valence-corrected chi connectivity index (χ3v) is 4.52. The summed E-state index contributed by atoms with van der Waals surface area (Å²) in [7, 11) is 0. The molecule has 0 aromatic carbocycles. The van der Waals surface area contributed by atoms with E-state index in [0.717, 1.165) is 32.1 Å². The smallest absolute Gasteiger partial charge is 0.191 e. The van der Waals surface area contributed by atoms with Crippen LogP contribution in [0.4, 0.5) is 0 Å². The van der Waals surface area contributed by atoms with Crippen LogP contribution in [-0.2, 0) is 21.1 Å². The van der Waals surface area contributed by atoms with Gasteiger partial charge in [-0.05, 0) is 51.4 Å². The summed E-state index contributed by atoms with van der Waals surface area (Å²) in [6.07, 6.45) is 28.2. The minimum Gasteiger partial charge on any atom is -0.412 e. The van der Waals surface area contributed by atoms with Crippen LogP contribution in [-0.4, -0.2) is 11.1 Å². The first-order chi connectivity index (χ1) is 11.3. The molecule has 0 unspecified atom stereocenters. The number of unbranched alkanes of at least 4 members (excludes halogenated alkanes) is 10. The number of allylic oxidation sites excluding steroid dienone is 2. The summed E-state index contributed by atoms with van der Waals surface area (Å²) in [6.45, 7) is 3.88. The van der Waals surface area contributed by atoms with Gasteiger partial charge in [0.15, 0.2) is 5.66 Å². The van der Waals surface area contributed by atoms with E-state index in [1.807, 2.05) is 0 Å². The number of hydrogen-bond donors (Lipinski definition) is 0. The first kappa shape index (κ1) is 26.8. The molecule has 0 aromatic rings. The molecule has 0 bridgehead atoms. The molecule has 0 saturated carbocycles. The van der Waals surface area contributed by atoms with Gasteiger partial charge in [-0.2, -0.15) is 16.6 Å². The van der Waals surface area contributed by atoms with Gasteiger partial charge in [-0.15, -0.1) is 12.3 Å². The van der Waals surface area contributed by atoms with Crippen molar-refractivity contribution < 1.29 is 26.5 Å². The molecule has 0 aromatic heterocycles. The van der Waals surface area contributed by atoms with Crippen molar-refractivity contribution in [3.63, 3.8) is 0 Å². The van der Waals surface area contributed by atoms with E-state index in [1.165, 1.54) is 64.2 Å². The van der Waals surface area contributed by atoms with E-state index in [-0.39, 0.29) is 32.2 Å². The topological polar surface area (TPSA) is 56.2 Å². The molecule has 1 aliphatic rings. The zero-order valence-corrected chi connectivity index (χ0v) is 18.8. The van der Waals surface area contributed by atoms with E-state index < -0.39 is 0 Å². The Bertz CT molecular complexity index is 382. The summed E-state index contributed by atoms with van der Waals surface area (Å²) in [5.41, 5.74) is -0.0333. The van der Waals surface area contributed by atoms with Crippen molar-refractivity contribution in [3.8, 4) is 12.3 Å². The number of rotatable bonds is 16. The molecule has 25 heavy (non-hydrogen) atoms. The maximum Gasteiger partial charge on any atom is 0.191 e. The minimum atomic E-state index is -0.0333. The van der Waals surface area contributed by atoms with E-state index in [2.05, 4.69) is 35.2 Å². The fraction of sp³-hybridized carbons (Fsp3) is 0.762. The van der Waals surface area contributed by atoms with Crippen molar-refractivity contribution in [1.29, 1.82) is 0 Å². The van der Waals surface area contributed by atoms with Crippen LogP contribution < -0.4 is 0 Å². The second-order valence-electron chi connectivity index (χ2n) is 6.72. The van der Waals surface area contributed by atoms with Gasteiger partial charge in [0.1, 0.15) is 0 Å². The van der Waals surface area contributed by atoms with Crippen molar-refractivity contribution in [2.45, 2.75) is 102 Å². The normalized spacial score (nSPS) is 13.9. The molecule has 4 heteroatoms. The van der Waals surface area contributed by atoms with E-state index in [9.17, 15) is 0 Å². The number of nitrogens with zero attached hydrogens (tertiary/aromatic N) is 2. The SMILES string of the molecule is C#CCCCC1(CCCC/C=C/CCCCCCCC[CH2-])N=N1.O.[W]. The van der Waals surface area contributed by atoms with Crippen molar-refractivity contribution in [1.82, 2.24) is 0 Å². The summed E-state index contributed by atoms with van der Waals surface area (Å²) >= 11 is 0. The fourth-order valence-electron chi connectivity index (χ4n) is 2.92. The zero-order chi connectivity index (χ0) is 16.6. The van der Waals surface area contributed by atoms with Crippen LogP contribution >= 0.6 is 0 Å².